The predicted molar refractivity (Wildman–Crippen MR) is 80.3 cm³/mol. The van der Waals surface area contributed by atoms with Gasteiger partial charge in [0, 0.05) is 16.0 Å². The van der Waals surface area contributed by atoms with Crippen molar-refractivity contribution in [2.45, 2.75) is 0 Å². The van der Waals surface area contributed by atoms with Crippen LogP contribution in [0.3, 0.4) is 0 Å². The van der Waals surface area contributed by atoms with Crippen molar-refractivity contribution in [3.63, 3.8) is 0 Å². The number of hydrogen-bond acceptors (Lipinski definition) is 4. The Morgan fingerprint density at radius 1 is 1.17 bits per heavy atom. The SMILES string of the molecule is Nc1nc(-c2ccsc2)c(-c2cccc(Cl)c2)s1. The van der Waals surface area contributed by atoms with E-state index in [1.165, 1.54) is 11.3 Å². The number of halogens is 1. The molecule has 3 aromatic rings. The number of hydrogen-bond donors (Lipinski definition) is 1. The van der Waals surface area contributed by atoms with E-state index in [-0.39, 0.29) is 0 Å². The van der Waals surface area contributed by atoms with Crippen molar-refractivity contribution in [2.75, 3.05) is 5.73 Å². The maximum Gasteiger partial charge on any atom is 0.181 e. The topological polar surface area (TPSA) is 38.9 Å². The van der Waals surface area contributed by atoms with E-state index in [1.807, 2.05) is 35.7 Å². The van der Waals surface area contributed by atoms with E-state index >= 15 is 0 Å². The summed E-state index contributed by atoms with van der Waals surface area (Å²) in [5, 5.41) is 5.40. The van der Waals surface area contributed by atoms with Gasteiger partial charge in [-0.25, -0.2) is 4.98 Å². The minimum atomic E-state index is 0.575. The molecule has 0 aliphatic carbocycles. The Labute approximate surface area is 118 Å². The Hall–Kier alpha value is -1.36. The van der Waals surface area contributed by atoms with Crippen molar-refractivity contribution in [1.29, 1.82) is 0 Å². The summed E-state index contributed by atoms with van der Waals surface area (Å²) in [4.78, 5) is 5.48. The Morgan fingerprint density at radius 2 is 2.06 bits per heavy atom. The lowest BCUT2D eigenvalue weighted by atomic mass is 10.1. The lowest BCUT2D eigenvalue weighted by Crippen LogP contribution is -1.82. The van der Waals surface area contributed by atoms with Crippen LogP contribution in [-0.2, 0) is 0 Å². The molecule has 0 aliphatic heterocycles. The van der Waals surface area contributed by atoms with E-state index in [2.05, 4.69) is 10.4 Å². The Bertz CT molecular complexity index is 674. The first-order chi connectivity index (χ1) is 8.74. The largest absolute Gasteiger partial charge is 0.375 e. The molecule has 0 unspecified atom stereocenters. The molecule has 18 heavy (non-hydrogen) atoms. The fraction of sp³-hybridized carbons (Fsp3) is 0. The second-order valence-corrected chi connectivity index (χ2v) is 6.00. The third kappa shape index (κ3) is 2.14. The van der Waals surface area contributed by atoms with Crippen LogP contribution in [0.5, 0.6) is 0 Å². The van der Waals surface area contributed by atoms with Crippen LogP contribution >= 0.6 is 34.3 Å². The van der Waals surface area contributed by atoms with Crippen molar-refractivity contribution in [1.82, 2.24) is 4.98 Å². The van der Waals surface area contributed by atoms with Gasteiger partial charge in [0.05, 0.1) is 10.6 Å². The summed E-state index contributed by atoms with van der Waals surface area (Å²) in [6.45, 7) is 0. The molecule has 2 heterocycles. The van der Waals surface area contributed by atoms with Gasteiger partial charge in [-0.2, -0.15) is 11.3 Å². The molecule has 0 amide bonds. The fourth-order valence-electron chi connectivity index (χ4n) is 1.76. The molecule has 0 fully saturated rings. The van der Waals surface area contributed by atoms with Crippen LogP contribution < -0.4 is 5.73 Å². The van der Waals surface area contributed by atoms with Crippen molar-refractivity contribution in [3.05, 3.63) is 46.1 Å². The van der Waals surface area contributed by atoms with Gasteiger partial charge >= 0.3 is 0 Å². The molecule has 0 spiro atoms. The van der Waals surface area contributed by atoms with Gasteiger partial charge in [-0.15, -0.1) is 0 Å². The van der Waals surface area contributed by atoms with Crippen LogP contribution in [0.1, 0.15) is 0 Å². The first-order valence-corrected chi connectivity index (χ1v) is 7.42. The number of benzene rings is 1. The number of nitrogen functional groups attached to an aromatic ring is 1. The number of nitrogens with two attached hydrogens (primary N) is 1. The summed E-state index contributed by atoms with van der Waals surface area (Å²) < 4.78 is 0. The second kappa shape index (κ2) is 4.72. The quantitative estimate of drug-likeness (QED) is 0.738. The fourth-order valence-corrected chi connectivity index (χ4v) is 3.44. The van der Waals surface area contributed by atoms with Gasteiger partial charge in [0.1, 0.15) is 0 Å². The number of nitrogens with zero attached hydrogens (tertiary/aromatic N) is 1. The second-order valence-electron chi connectivity index (χ2n) is 3.75. The maximum atomic E-state index is 6.03. The highest BCUT2D eigenvalue weighted by Crippen LogP contribution is 2.39. The summed E-state index contributed by atoms with van der Waals surface area (Å²) in [7, 11) is 0. The third-order valence-corrected chi connectivity index (χ3v) is 4.38. The van der Waals surface area contributed by atoms with Crippen molar-refractivity contribution >= 4 is 39.4 Å². The van der Waals surface area contributed by atoms with Crippen LogP contribution in [0, 0.1) is 0 Å². The monoisotopic (exact) mass is 292 g/mol. The summed E-state index contributed by atoms with van der Waals surface area (Å²) in [6.07, 6.45) is 0. The van der Waals surface area contributed by atoms with E-state index in [1.54, 1.807) is 11.3 Å². The highest BCUT2D eigenvalue weighted by Gasteiger charge is 2.14. The molecule has 5 heteroatoms. The lowest BCUT2D eigenvalue weighted by molar-refractivity contribution is 1.42. The van der Waals surface area contributed by atoms with Gasteiger partial charge in [0.2, 0.25) is 0 Å². The molecule has 0 saturated carbocycles. The standard InChI is InChI=1S/C13H9ClN2S2/c14-10-3-1-2-8(6-10)12-11(16-13(15)18-12)9-4-5-17-7-9/h1-7H,(H2,15,16). The summed E-state index contributed by atoms with van der Waals surface area (Å²) in [5.74, 6) is 0. The van der Waals surface area contributed by atoms with E-state index < -0.39 is 0 Å². The highest BCUT2D eigenvalue weighted by molar-refractivity contribution is 7.19. The van der Waals surface area contributed by atoms with Crippen LogP contribution in [0.25, 0.3) is 21.7 Å². The molecular weight excluding hydrogens is 284 g/mol. The van der Waals surface area contributed by atoms with Crippen LogP contribution in [-0.4, -0.2) is 4.98 Å². The van der Waals surface area contributed by atoms with E-state index in [0.29, 0.717) is 5.13 Å². The summed E-state index contributed by atoms with van der Waals surface area (Å²) in [6, 6.07) is 9.80. The zero-order valence-corrected chi connectivity index (χ0v) is 11.6. The van der Waals surface area contributed by atoms with Crippen LogP contribution in [0.2, 0.25) is 5.02 Å². The molecule has 0 bridgehead atoms. The summed E-state index contributed by atoms with van der Waals surface area (Å²) >= 11 is 9.17. The van der Waals surface area contributed by atoms with Crippen molar-refractivity contribution in [3.8, 4) is 21.7 Å². The molecule has 0 atom stereocenters. The molecule has 0 aliphatic rings. The molecule has 0 radical (unpaired) electrons. The predicted octanol–water partition coefficient (Wildman–Crippen LogP) is 4.77. The minimum Gasteiger partial charge on any atom is -0.375 e. The summed E-state index contributed by atoms with van der Waals surface area (Å²) in [5.41, 5.74) is 8.92. The number of anilines is 1. The number of aromatic nitrogens is 1. The molecule has 2 aromatic heterocycles. The van der Waals surface area contributed by atoms with Gasteiger partial charge in [0.25, 0.3) is 0 Å². The van der Waals surface area contributed by atoms with E-state index in [0.717, 1.165) is 26.7 Å². The first-order valence-electron chi connectivity index (χ1n) is 5.29. The first kappa shape index (κ1) is 11.7. The third-order valence-electron chi connectivity index (χ3n) is 2.53. The Kier molecular flexibility index (Phi) is 3.07. The molecular formula is C13H9ClN2S2. The van der Waals surface area contributed by atoms with Gasteiger partial charge in [0.15, 0.2) is 5.13 Å². The maximum absolute atomic E-state index is 6.03. The molecule has 2 nitrogen and oxygen atoms in total. The van der Waals surface area contributed by atoms with Gasteiger partial charge in [-0.05, 0) is 29.1 Å². The average molecular weight is 293 g/mol. The van der Waals surface area contributed by atoms with E-state index in [9.17, 15) is 0 Å². The van der Waals surface area contributed by atoms with E-state index in [4.69, 9.17) is 17.3 Å². The van der Waals surface area contributed by atoms with Crippen LogP contribution in [0.4, 0.5) is 5.13 Å². The van der Waals surface area contributed by atoms with Crippen LogP contribution in [0.15, 0.2) is 41.1 Å². The van der Waals surface area contributed by atoms with Crippen molar-refractivity contribution in [2.24, 2.45) is 0 Å². The van der Waals surface area contributed by atoms with Gasteiger partial charge < -0.3 is 5.73 Å². The minimum absolute atomic E-state index is 0.575. The molecule has 90 valence electrons. The molecule has 2 N–H and O–H groups in total. The van der Waals surface area contributed by atoms with Gasteiger partial charge in [-0.1, -0.05) is 35.1 Å². The molecule has 3 rings (SSSR count). The number of thiazole rings is 1. The normalized spacial score (nSPS) is 10.7. The molecule has 1 aromatic carbocycles. The number of rotatable bonds is 2. The average Bonchev–Trinajstić information content (AvgIpc) is 2.97. The zero-order chi connectivity index (χ0) is 12.5. The van der Waals surface area contributed by atoms with Crippen molar-refractivity contribution < 1.29 is 0 Å². The zero-order valence-electron chi connectivity index (χ0n) is 9.26. The lowest BCUT2D eigenvalue weighted by Gasteiger charge is -2.01. The number of thiophene rings is 1. The highest BCUT2D eigenvalue weighted by atomic mass is 35.5. The molecule has 0 saturated heterocycles. The Balaban J connectivity index is 2.18. The Morgan fingerprint density at radius 3 is 2.78 bits per heavy atom. The van der Waals surface area contributed by atoms with Gasteiger partial charge in [-0.3, -0.25) is 0 Å². The smallest absolute Gasteiger partial charge is 0.181 e.